The molecule has 14 N–H and O–H groups in total. The van der Waals surface area contributed by atoms with E-state index in [0.29, 0.717) is 5.56 Å². The number of fused-ring (bicyclic) bond motifs is 2. The number of hydrogen-bond donors (Lipinski definition) is 14. The smallest absolute Gasteiger partial charge is 0.229 e. The summed E-state index contributed by atoms with van der Waals surface area (Å²) in [6, 6.07) is 6.77. The number of phenolic OH excluding ortho intramolecular Hbond substituents is 1. The number of aliphatic hydroxyl groups is 13. The van der Waals surface area contributed by atoms with E-state index in [1.54, 1.807) is 6.92 Å². The highest BCUT2D eigenvalue weighted by molar-refractivity contribution is 6.30. The molecule has 20 unspecified atom stereocenters. The van der Waals surface area contributed by atoms with Gasteiger partial charge in [0, 0.05) is 11.1 Å². The lowest BCUT2D eigenvalue weighted by Crippen LogP contribution is -2.65. The molecule has 350 valence electrons. The molecule has 0 spiro atoms. The normalized spacial score (nSPS) is 41.8. The molecule has 20 atom stereocenters. The predicted octanol–water partition coefficient (Wildman–Crippen LogP) is -6.87. The highest BCUT2D eigenvalue weighted by Crippen LogP contribution is 2.39. The van der Waals surface area contributed by atoms with E-state index in [1.807, 2.05) is 0 Å². The topological polar surface area (TPSA) is 391 Å². The minimum atomic E-state index is -2.05. The molecule has 2 aromatic rings. The first kappa shape index (κ1) is 47.5. The van der Waals surface area contributed by atoms with E-state index in [-0.39, 0.29) is 28.0 Å². The fraction of sp³-hybridized carbons (Fsp3) is 0.641. The zero-order valence-electron chi connectivity index (χ0n) is 33.1. The molecule has 63 heavy (non-hydrogen) atoms. The third-order valence-corrected chi connectivity index (χ3v) is 11.6. The number of hydrogen-bond acceptors (Lipinski definition) is 24. The number of carbonyl (C=O) groups is 2. The highest BCUT2D eigenvalue weighted by atomic mass is 16.8. The number of aromatic hydroxyl groups is 1. The van der Waals surface area contributed by atoms with Gasteiger partial charge in [-0.1, -0.05) is 12.1 Å². The molecule has 1 aliphatic carbocycles. The zero-order chi connectivity index (χ0) is 45.8. The van der Waals surface area contributed by atoms with Crippen LogP contribution in [0, 0.1) is 6.92 Å². The summed E-state index contributed by atoms with van der Waals surface area (Å²) >= 11 is 0. The van der Waals surface area contributed by atoms with Crippen LogP contribution in [0.1, 0.15) is 37.4 Å². The molecular formula is C39H50O24. The Morgan fingerprint density at radius 1 is 0.524 bits per heavy atom. The molecule has 0 amide bonds. The molecule has 7 rings (SSSR count). The first-order valence-corrected chi connectivity index (χ1v) is 19.8. The molecule has 2 aromatic carbocycles. The second kappa shape index (κ2) is 19.2. The minimum Gasteiger partial charge on any atom is -0.507 e. The van der Waals surface area contributed by atoms with Crippen molar-refractivity contribution in [2.45, 2.75) is 130 Å². The van der Waals surface area contributed by atoms with Crippen LogP contribution in [0.2, 0.25) is 0 Å². The van der Waals surface area contributed by atoms with Gasteiger partial charge in [-0.2, -0.15) is 0 Å². The van der Waals surface area contributed by atoms with Gasteiger partial charge < -0.3 is 109 Å². The van der Waals surface area contributed by atoms with Gasteiger partial charge in [-0.15, -0.1) is 0 Å². The fourth-order valence-electron chi connectivity index (χ4n) is 8.03. The van der Waals surface area contributed by atoms with Gasteiger partial charge in [-0.05, 0) is 30.7 Å². The van der Waals surface area contributed by atoms with Gasteiger partial charge in [0.1, 0.15) is 109 Å². The summed E-state index contributed by atoms with van der Waals surface area (Å²) in [7, 11) is 0. The Morgan fingerprint density at radius 2 is 1.02 bits per heavy atom. The van der Waals surface area contributed by atoms with Crippen molar-refractivity contribution in [3.63, 3.8) is 0 Å². The number of ether oxygens (including phenoxy) is 8. The van der Waals surface area contributed by atoms with E-state index in [0.717, 1.165) is 0 Å². The van der Waals surface area contributed by atoms with Crippen molar-refractivity contribution in [1.29, 1.82) is 0 Å². The molecule has 4 fully saturated rings. The average molecular weight is 903 g/mol. The maximum Gasteiger partial charge on any atom is 0.229 e. The van der Waals surface area contributed by atoms with Crippen LogP contribution in [0.4, 0.5) is 0 Å². The first-order valence-electron chi connectivity index (χ1n) is 19.8. The Bertz CT molecular complexity index is 1950. The molecule has 24 nitrogen and oxygen atoms in total. The summed E-state index contributed by atoms with van der Waals surface area (Å²) in [4.78, 5) is 27.1. The van der Waals surface area contributed by atoms with Crippen molar-refractivity contribution in [2.75, 3.05) is 26.4 Å². The Kier molecular flexibility index (Phi) is 14.5. The van der Waals surface area contributed by atoms with Crippen LogP contribution in [0.25, 0.3) is 0 Å². The zero-order valence-corrected chi connectivity index (χ0v) is 33.1. The number of benzene rings is 2. The SMILES string of the molecule is Cc1cc(OC2OC(COC3OC(CO)C(O)C(OC4OC(COC5OC(CO)C(O)C(O)C5O)C(O)C(O)C4O)C3O)C(O)C(O)C2O)c2c(c1)C(=O)c1cccc(O)c1C2=O. The van der Waals surface area contributed by atoms with E-state index in [9.17, 15) is 81.1 Å². The highest BCUT2D eigenvalue weighted by Gasteiger charge is 2.53. The molecule has 0 radical (unpaired) electrons. The van der Waals surface area contributed by atoms with Crippen molar-refractivity contribution in [3.05, 3.63) is 58.1 Å². The Morgan fingerprint density at radius 3 is 1.60 bits per heavy atom. The molecule has 0 saturated carbocycles. The van der Waals surface area contributed by atoms with Crippen LogP contribution in [-0.2, 0) is 33.2 Å². The average Bonchev–Trinajstić information content (AvgIpc) is 3.26. The van der Waals surface area contributed by atoms with Gasteiger partial charge in [-0.25, -0.2) is 0 Å². The first-order chi connectivity index (χ1) is 29.9. The summed E-state index contributed by atoms with van der Waals surface area (Å²) in [5.41, 5.74) is -0.243. The number of rotatable bonds is 12. The van der Waals surface area contributed by atoms with Crippen molar-refractivity contribution < 1.29 is 119 Å². The van der Waals surface area contributed by atoms with Gasteiger partial charge in [0.25, 0.3) is 0 Å². The number of aliphatic hydroxyl groups excluding tert-OH is 13. The quantitative estimate of drug-likeness (QED) is 0.0803. The second-order valence-electron chi connectivity index (χ2n) is 15.9. The lowest BCUT2D eigenvalue weighted by Gasteiger charge is -2.46. The molecule has 5 aliphatic rings. The summed E-state index contributed by atoms with van der Waals surface area (Å²) in [6.07, 6.45) is -36.4. The molecule has 4 saturated heterocycles. The van der Waals surface area contributed by atoms with Crippen LogP contribution in [0.3, 0.4) is 0 Å². The van der Waals surface area contributed by atoms with Crippen LogP contribution in [-0.4, -0.2) is 232 Å². The predicted molar refractivity (Wildman–Crippen MR) is 198 cm³/mol. The largest absolute Gasteiger partial charge is 0.507 e. The molecular weight excluding hydrogens is 852 g/mol. The van der Waals surface area contributed by atoms with E-state index in [2.05, 4.69) is 0 Å². The second-order valence-corrected chi connectivity index (χ2v) is 15.9. The summed E-state index contributed by atoms with van der Waals surface area (Å²) in [5, 5.41) is 147. The van der Waals surface area contributed by atoms with E-state index in [4.69, 9.17) is 37.9 Å². The van der Waals surface area contributed by atoms with Gasteiger partial charge in [0.2, 0.25) is 12.1 Å². The van der Waals surface area contributed by atoms with Gasteiger partial charge in [0.15, 0.2) is 24.7 Å². The lowest BCUT2D eigenvalue weighted by atomic mass is 9.82. The Labute approximate surface area is 356 Å². The van der Waals surface area contributed by atoms with Gasteiger partial charge >= 0.3 is 0 Å². The van der Waals surface area contributed by atoms with Crippen LogP contribution >= 0.6 is 0 Å². The summed E-state index contributed by atoms with van der Waals surface area (Å²) < 4.78 is 44.8. The Balaban J connectivity index is 1.03. The summed E-state index contributed by atoms with van der Waals surface area (Å²) in [5.74, 6) is -2.13. The van der Waals surface area contributed by atoms with E-state index < -0.39 is 167 Å². The Hall–Kier alpha value is -3.42. The molecule has 0 bridgehead atoms. The maximum absolute atomic E-state index is 13.7. The summed E-state index contributed by atoms with van der Waals surface area (Å²) in [6.45, 7) is -1.60. The van der Waals surface area contributed by atoms with Crippen molar-refractivity contribution in [2.24, 2.45) is 0 Å². The third kappa shape index (κ3) is 8.97. The monoisotopic (exact) mass is 902 g/mol. The van der Waals surface area contributed by atoms with E-state index in [1.165, 1.54) is 30.3 Å². The molecule has 0 aromatic heterocycles. The van der Waals surface area contributed by atoms with Gasteiger partial charge in [-0.3, -0.25) is 9.59 Å². The van der Waals surface area contributed by atoms with Gasteiger partial charge in [0.05, 0.1) is 37.6 Å². The number of aryl methyl sites for hydroxylation is 1. The van der Waals surface area contributed by atoms with E-state index >= 15 is 0 Å². The molecule has 24 heteroatoms. The molecule has 4 heterocycles. The standard InChI is InChI=1S/C39H50O24/c1-11-5-13-21(27(48)20-12(22(13)43)3-2-4-14(20)42)15(6-11)58-38-32(53)29(50)24(45)18(61-38)10-57-37-34(55)35(26(47)17(8-41)60-37)63-39-33(54)30(51)25(46)19(62-39)9-56-36-31(52)28(49)23(44)16(7-40)59-36/h2-6,16-19,23-26,28-42,44-47,49-55H,7-10H2,1H3. The molecule has 4 aliphatic heterocycles. The fourth-order valence-corrected chi connectivity index (χ4v) is 8.03. The maximum atomic E-state index is 13.7. The lowest BCUT2D eigenvalue weighted by molar-refractivity contribution is -0.369. The van der Waals surface area contributed by atoms with Crippen LogP contribution in [0.5, 0.6) is 11.5 Å². The van der Waals surface area contributed by atoms with Crippen LogP contribution in [0.15, 0.2) is 30.3 Å². The number of ketones is 2. The van der Waals surface area contributed by atoms with Crippen molar-refractivity contribution in [1.82, 2.24) is 0 Å². The number of phenols is 1. The van der Waals surface area contributed by atoms with Crippen molar-refractivity contribution >= 4 is 11.6 Å². The number of carbonyl (C=O) groups excluding carboxylic acids is 2. The van der Waals surface area contributed by atoms with Crippen LogP contribution < -0.4 is 4.74 Å². The minimum absolute atomic E-state index is 0.0489. The van der Waals surface area contributed by atoms with Crippen molar-refractivity contribution in [3.8, 4) is 11.5 Å². The third-order valence-electron chi connectivity index (χ3n) is 11.6.